The van der Waals surface area contributed by atoms with Crippen molar-refractivity contribution < 1.29 is 19.7 Å². The zero-order chi connectivity index (χ0) is 24.5. The van der Waals surface area contributed by atoms with E-state index in [0.29, 0.717) is 18.3 Å². The second kappa shape index (κ2) is 6.42. The SMILES string of the molecule is C=CCC1CC[C@]23c4c5ccc(OC)c4O[C@]2(C)[C@@]2(O)CC[C@@]3(C[C@@H]2[C@](C)(O)C(C)(C)C)[C@H]1C5. The molecule has 0 radical (unpaired) electrons. The van der Waals surface area contributed by atoms with Gasteiger partial charge in [-0.15, -0.1) is 6.58 Å². The molecule has 1 aromatic carbocycles. The average molecular weight is 467 g/mol. The second-order valence-electron chi connectivity index (χ2n) is 13.5. The fraction of sp³-hybridized carbons (Fsp3) is 0.733. The highest BCUT2D eigenvalue weighted by molar-refractivity contribution is 5.65. The summed E-state index contributed by atoms with van der Waals surface area (Å²) in [5.41, 5.74) is -0.914. The smallest absolute Gasteiger partial charge is 0.166 e. The zero-order valence-corrected chi connectivity index (χ0v) is 21.8. The molecule has 0 aromatic heterocycles. The molecule has 2 N–H and O–H groups in total. The van der Waals surface area contributed by atoms with Gasteiger partial charge in [0.1, 0.15) is 11.2 Å². The second-order valence-corrected chi connectivity index (χ2v) is 13.5. The highest BCUT2D eigenvalue weighted by Crippen LogP contribution is 2.82. The quantitative estimate of drug-likeness (QED) is 0.570. The van der Waals surface area contributed by atoms with Crippen molar-refractivity contribution in [2.75, 3.05) is 7.11 Å². The number of aliphatic hydroxyl groups is 2. The predicted octanol–water partition coefficient (Wildman–Crippen LogP) is 5.57. The zero-order valence-electron chi connectivity index (χ0n) is 21.8. The maximum absolute atomic E-state index is 12.8. The van der Waals surface area contributed by atoms with E-state index in [1.165, 1.54) is 11.1 Å². The molecule has 1 aromatic rings. The minimum atomic E-state index is -1.13. The Kier molecular flexibility index (Phi) is 4.33. The average Bonchev–Trinajstić information content (AvgIpc) is 3.05. The fourth-order valence-electron chi connectivity index (χ4n) is 10.00. The molecule has 1 aliphatic heterocycles. The van der Waals surface area contributed by atoms with Gasteiger partial charge >= 0.3 is 0 Å². The van der Waals surface area contributed by atoms with Gasteiger partial charge in [0.2, 0.25) is 0 Å². The number of rotatable bonds is 4. The third-order valence-corrected chi connectivity index (χ3v) is 12.0. The van der Waals surface area contributed by atoms with Crippen LogP contribution in [0.1, 0.15) is 84.3 Å². The Morgan fingerprint density at radius 3 is 2.59 bits per heavy atom. The maximum atomic E-state index is 12.8. The largest absolute Gasteiger partial charge is 0.493 e. The number of hydrogen-bond acceptors (Lipinski definition) is 4. The van der Waals surface area contributed by atoms with Crippen molar-refractivity contribution in [3.05, 3.63) is 35.9 Å². The lowest BCUT2D eigenvalue weighted by Gasteiger charge is -2.77. The molecule has 4 heteroatoms. The first-order chi connectivity index (χ1) is 15.8. The van der Waals surface area contributed by atoms with E-state index in [9.17, 15) is 10.2 Å². The molecule has 4 bridgehead atoms. The lowest BCUT2D eigenvalue weighted by molar-refractivity contribution is -0.340. The van der Waals surface area contributed by atoms with Crippen LogP contribution in [0.2, 0.25) is 0 Å². The van der Waals surface area contributed by atoms with E-state index in [0.717, 1.165) is 50.0 Å². The van der Waals surface area contributed by atoms with Gasteiger partial charge in [-0.2, -0.15) is 0 Å². The van der Waals surface area contributed by atoms with Crippen LogP contribution in [0.5, 0.6) is 11.5 Å². The fourth-order valence-corrected chi connectivity index (χ4v) is 10.00. The lowest BCUT2D eigenvalue weighted by atomic mass is 9.27. The Morgan fingerprint density at radius 1 is 1.21 bits per heavy atom. The topological polar surface area (TPSA) is 58.9 Å². The number of fused-ring (bicyclic) bond motifs is 2. The summed E-state index contributed by atoms with van der Waals surface area (Å²) in [7, 11) is 1.71. The lowest BCUT2D eigenvalue weighted by Crippen LogP contribution is -2.85. The van der Waals surface area contributed by atoms with Gasteiger partial charge in [0.25, 0.3) is 0 Å². The molecule has 4 saturated carbocycles. The highest BCUT2D eigenvalue weighted by atomic mass is 16.5. The summed E-state index contributed by atoms with van der Waals surface area (Å²) in [6, 6.07) is 4.30. The van der Waals surface area contributed by atoms with Crippen LogP contribution in [-0.4, -0.2) is 34.1 Å². The van der Waals surface area contributed by atoms with Crippen molar-refractivity contribution in [1.29, 1.82) is 0 Å². The van der Waals surface area contributed by atoms with Crippen molar-refractivity contribution in [3.8, 4) is 11.5 Å². The summed E-state index contributed by atoms with van der Waals surface area (Å²) in [5, 5.41) is 24.9. The van der Waals surface area contributed by atoms with Crippen LogP contribution in [0.3, 0.4) is 0 Å². The molecule has 5 aliphatic carbocycles. The molecule has 2 spiro atoms. The normalized spacial score (nSPS) is 45.2. The van der Waals surface area contributed by atoms with E-state index in [4.69, 9.17) is 9.47 Å². The molecule has 7 rings (SSSR count). The monoisotopic (exact) mass is 466 g/mol. The van der Waals surface area contributed by atoms with Gasteiger partial charge in [0.05, 0.1) is 12.7 Å². The number of ether oxygens (including phenoxy) is 2. The van der Waals surface area contributed by atoms with Gasteiger partial charge < -0.3 is 19.7 Å². The van der Waals surface area contributed by atoms with Crippen molar-refractivity contribution in [1.82, 2.24) is 0 Å². The number of hydrogen-bond donors (Lipinski definition) is 2. The Bertz CT molecular complexity index is 1070. The molecule has 8 atom stereocenters. The molecule has 0 amide bonds. The summed E-state index contributed by atoms with van der Waals surface area (Å²) >= 11 is 0. The minimum Gasteiger partial charge on any atom is -0.493 e. The van der Waals surface area contributed by atoms with E-state index in [1.54, 1.807) is 7.11 Å². The Balaban J connectivity index is 1.67. The van der Waals surface area contributed by atoms with E-state index in [-0.39, 0.29) is 22.2 Å². The van der Waals surface area contributed by atoms with Gasteiger partial charge in [-0.25, -0.2) is 0 Å². The van der Waals surface area contributed by atoms with Crippen molar-refractivity contribution in [2.24, 2.45) is 28.6 Å². The molecule has 4 fully saturated rings. The first-order valence-electron chi connectivity index (χ1n) is 13.3. The summed E-state index contributed by atoms with van der Waals surface area (Å²) in [4.78, 5) is 0. The first-order valence-corrected chi connectivity index (χ1v) is 13.3. The summed E-state index contributed by atoms with van der Waals surface area (Å²) in [6.45, 7) is 14.5. The van der Waals surface area contributed by atoms with Gasteiger partial charge in [0.15, 0.2) is 11.5 Å². The van der Waals surface area contributed by atoms with Crippen molar-refractivity contribution in [3.63, 3.8) is 0 Å². The predicted molar refractivity (Wildman–Crippen MR) is 133 cm³/mol. The molecule has 1 unspecified atom stereocenters. The highest BCUT2D eigenvalue weighted by Gasteiger charge is 2.86. The third-order valence-electron chi connectivity index (χ3n) is 12.0. The molecule has 1 heterocycles. The molecular weight excluding hydrogens is 424 g/mol. The van der Waals surface area contributed by atoms with Crippen LogP contribution in [0.4, 0.5) is 0 Å². The number of allylic oxidation sites excluding steroid dienone is 1. The van der Waals surface area contributed by atoms with Crippen molar-refractivity contribution >= 4 is 0 Å². The summed E-state index contributed by atoms with van der Waals surface area (Å²) in [5.74, 6) is 2.43. The molecule has 186 valence electrons. The van der Waals surface area contributed by atoms with E-state index in [1.807, 2.05) is 6.92 Å². The first kappa shape index (κ1) is 22.9. The summed E-state index contributed by atoms with van der Waals surface area (Å²) < 4.78 is 12.9. The van der Waals surface area contributed by atoms with Gasteiger partial charge in [0, 0.05) is 16.9 Å². The van der Waals surface area contributed by atoms with Crippen LogP contribution in [0, 0.1) is 28.6 Å². The van der Waals surface area contributed by atoms with E-state index < -0.39 is 16.8 Å². The minimum absolute atomic E-state index is 0.0112. The van der Waals surface area contributed by atoms with Crippen LogP contribution in [0.15, 0.2) is 24.8 Å². The number of methoxy groups -OCH3 is 1. The van der Waals surface area contributed by atoms with Crippen LogP contribution in [-0.2, 0) is 11.8 Å². The molecule has 4 nitrogen and oxygen atoms in total. The standard InChI is InChI=1S/C30H42O4/c1-8-9-18-12-13-29-23-19-10-11-21(33-7)24(23)34-27(29,6)30(32)15-14-28(29,20(18)16-19)17-22(30)26(5,31)25(2,3)4/h8,10-11,18,20,22,31-32H,1,9,12-17H2,2-7H3/t18?,20-,22+,26-,27-,28+,29-,30+/m0/s1. The maximum Gasteiger partial charge on any atom is 0.166 e. The van der Waals surface area contributed by atoms with Crippen LogP contribution in [0.25, 0.3) is 0 Å². The van der Waals surface area contributed by atoms with Crippen LogP contribution >= 0.6 is 0 Å². The molecule has 34 heavy (non-hydrogen) atoms. The van der Waals surface area contributed by atoms with Gasteiger partial charge in [-0.3, -0.25) is 0 Å². The molecular formula is C30H42O4. The Morgan fingerprint density at radius 2 is 1.94 bits per heavy atom. The Labute approximate surface area is 204 Å². The Hall–Kier alpha value is -1.52. The molecule has 0 saturated heterocycles. The van der Waals surface area contributed by atoms with Crippen LogP contribution < -0.4 is 9.47 Å². The van der Waals surface area contributed by atoms with E-state index in [2.05, 4.69) is 52.5 Å². The molecule has 6 aliphatic rings. The van der Waals surface area contributed by atoms with E-state index >= 15 is 0 Å². The third kappa shape index (κ3) is 2.13. The van der Waals surface area contributed by atoms with Gasteiger partial charge in [-0.1, -0.05) is 32.9 Å². The van der Waals surface area contributed by atoms with Gasteiger partial charge in [-0.05, 0) is 93.1 Å². The van der Waals surface area contributed by atoms with Crippen molar-refractivity contribution in [2.45, 2.75) is 102 Å². The summed E-state index contributed by atoms with van der Waals surface area (Å²) in [6.07, 6.45) is 8.82. The number of benzene rings is 1.